The van der Waals surface area contributed by atoms with Crippen molar-refractivity contribution < 1.29 is 23.9 Å². The summed E-state index contributed by atoms with van der Waals surface area (Å²) >= 11 is 6.10. The third kappa shape index (κ3) is 9.65. The molecule has 1 atom stereocenters. The van der Waals surface area contributed by atoms with Crippen molar-refractivity contribution in [2.45, 2.75) is 25.6 Å². The number of rotatable bonds is 13. The van der Waals surface area contributed by atoms with Crippen LogP contribution in [0.3, 0.4) is 0 Å². The number of hydrogen-bond donors (Lipinski definition) is 4. The molecule has 0 fully saturated rings. The third-order valence-corrected chi connectivity index (χ3v) is 8.03. The van der Waals surface area contributed by atoms with Crippen LogP contribution in [0.5, 0.6) is 11.5 Å². The fraction of sp³-hybridized carbons (Fsp3) is 0.281. The second-order valence-corrected chi connectivity index (χ2v) is 14.4. The van der Waals surface area contributed by atoms with Gasteiger partial charge in [0.05, 0.1) is 46.8 Å². The van der Waals surface area contributed by atoms with Gasteiger partial charge in [-0.25, -0.2) is 4.99 Å². The number of halogens is 1. The minimum absolute atomic E-state index is 0.106. The normalized spacial score (nSPS) is 13.9. The third-order valence-electron chi connectivity index (χ3n) is 6.76. The van der Waals surface area contributed by atoms with Crippen LogP contribution in [-0.2, 0) is 9.59 Å². The molecule has 0 saturated carbocycles. The Morgan fingerprint density at radius 3 is 2.33 bits per heavy atom. The van der Waals surface area contributed by atoms with E-state index < -0.39 is 20.7 Å². The van der Waals surface area contributed by atoms with Crippen LogP contribution in [0.4, 0.5) is 5.69 Å². The summed E-state index contributed by atoms with van der Waals surface area (Å²) in [5, 5.41) is 8.83. The number of benzene rings is 3. The van der Waals surface area contributed by atoms with E-state index in [-0.39, 0.29) is 43.8 Å². The predicted octanol–water partition coefficient (Wildman–Crippen LogP) is 3.01. The number of fused-ring (bicyclic) bond motifs is 1. The Bertz CT molecular complexity index is 1580. The van der Waals surface area contributed by atoms with E-state index in [4.69, 9.17) is 31.8 Å². The van der Waals surface area contributed by atoms with E-state index in [1.54, 1.807) is 55.6 Å². The molecule has 13 heteroatoms. The minimum atomic E-state index is -0.876. The first kappa shape index (κ1) is 33.2. The molecule has 11 nitrogen and oxygen atoms in total. The molecule has 5 N–H and O–H groups in total. The van der Waals surface area contributed by atoms with E-state index in [0.717, 1.165) is 11.7 Å². The van der Waals surface area contributed by atoms with Crippen LogP contribution in [0, 0.1) is 0 Å². The van der Waals surface area contributed by atoms with Gasteiger partial charge in [0.15, 0.2) is 0 Å². The van der Waals surface area contributed by atoms with Crippen LogP contribution >= 0.6 is 11.6 Å². The number of methoxy groups -OCH3 is 1. The van der Waals surface area contributed by atoms with Gasteiger partial charge in [0.25, 0.3) is 5.91 Å². The number of amidine groups is 1. The molecule has 0 spiro atoms. The Balaban J connectivity index is 1.28. The number of hydrogen-bond acceptors (Lipinski definition) is 8. The van der Waals surface area contributed by atoms with Gasteiger partial charge < -0.3 is 31.2 Å². The first-order chi connectivity index (χ1) is 21.6. The van der Waals surface area contributed by atoms with Gasteiger partial charge in [-0.1, -0.05) is 36.8 Å². The summed E-state index contributed by atoms with van der Waals surface area (Å²) in [5.41, 5.74) is 9.53. The highest BCUT2D eigenvalue weighted by Gasteiger charge is 2.25. The molecular weight excluding hydrogens is 612 g/mol. The lowest BCUT2D eigenvalue weighted by Gasteiger charge is -2.14. The van der Waals surface area contributed by atoms with Crippen LogP contribution in [0.2, 0.25) is 18.1 Å². The number of nitrogens with zero attached hydrogens (tertiary/aromatic N) is 2. The Labute approximate surface area is 268 Å². The zero-order valence-corrected chi connectivity index (χ0v) is 27.3. The molecule has 1 heterocycles. The highest BCUT2D eigenvalue weighted by atomic mass is 35.5. The van der Waals surface area contributed by atoms with E-state index in [9.17, 15) is 14.4 Å². The zero-order chi connectivity index (χ0) is 32.3. The van der Waals surface area contributed by atoms with Crippen LogP contribution in [-0.4, -0.2) is 77.1 Å². The summed E-state index contributed by atoms with van der Waals surface area (Å²) in [6.45, 7) is 4.55. The molecule has 0 radical (unpaired) electrons. The SMILES string of the molecule is COc1ccc2c(c1)C(c1ccc(Cl)cc1)=NC(CC(=O)NCC(=O)NCCOc1ccc(C(=O)NC[SiH](C)C)cc1)C(N)=N2. The fourth-order valence-corrected chi connectivity index (χ4v) is 5.09. The van der Waals surface area contributed by atoms with Gasteiger partial charge in [0.1, 0.15) is 30.0 Å². The summed E-state index contributed by atoms with van der Waals surface area (Å²) in [4.78, 5) is 46.7. The number of nitrogens with one attached hydrogen (secondary N) is 3. The molecule has 3 aromatic rings. The highest BCUT2D eigenvalue weighted by Crippen LogP contribution is 2.31. The Morgan fingerprint density at radius 2 is 1.64 bits per heavy atom. The minimum Gasteiger partial charge on any atom is -0.497 e. The number of amides is 3. The summed E-state index contributed by atoms with van der Waals surface area (Å²) in [6, 6.07) is 18.6. The lowest BCUT2D eigenvalue weighted by molar-refractivity contribution is -0.126. The molecule has 0 aromatic heterocycles. The summed E-state index contributed by atoms with van der Waals surface area (Å²) in [7, 11) is 0.696. The summed E-state index contributed by atoms with van der Waals surface area (Å²) in [6.07, 6.45) is 0.630. The molecule has 4 rings (SSSR count). The number of ether oxygens (including phenoxy) is 2. The van der Waals surface area contributed by atoms with Gasteiger partial charge in [-0.15, -0.1) is 0 Å². The quantitative estimate of drug-likeness (QED) is 0.165. The zero-order valence-electron chi connectivity index (χ0n) is 25.4. The molecule has 0 bridgehead atoms. The second kappa shape index (κ2) is 15.9. The summed E-state index contributed by atoms with van der Waals surface area (Å²) < 4.78 is 11.1. The van der Waals surface area contributed by atoms with Crippen molar-refractivity contribution in [3.63, 3.8) is 0 Å². The van der Waals surface area contributed by atoms with Crippen LogP contribution in [0.15, 0.2) is 76.7 Å². The van der Waals surface area contributed by atoms with E-state index >= 15 is 0 Å². The smallest absolute Gasteiger partial charge is 0.250 e. The molecule has 0 aliphatic carbocycles. The van der Waals surface area contributed by atoms with Crippen molar-refractivity contribution in [2.75, 3.05) is 33.0 Å². The number of aliphatic imine (C=N–C) groups is 2. The predicted molar refractivity (Wildman–Crippen MR) is 179 cm³/mol. The average Bonchev–Trinajstić information content (AvgIpc) is 3.16. The van der Waals surface area contributed by atoms with E-state index in [0.29, 0.717) is 39.0 Å². The molecule has 1 aliphatic heterocycles. The summed E-state index contributed by atoms with van der Waals surface area (Å²) in [5.74, 6) is 0.484. The molecule has 45 heavy (non-hydrogen) atoms. The fourth-order valence-electron chi connectivity index (χ4n) is 4.37. The van der Waals surface area contributed by atoms with Crippen LogP contribution in [0.1, 0.15) is 27.9 Å². The van der Waals surface area contributed by atoms with Crippen molar-refractivity contribution in [1.29, 1.82) is 0 Å². The van der Waals surface area contributed by atoms with Crippen LogP contribution < -0.4 is 31.2 Å². The Kier molecular flexibility index (Phi) is 11.7. The van der Waals surface area contributed by atoms with E-state index in [1.807, 2.05) is 18.2 Å². The lowest BCUT2D eigenvalue weighted by atomic mass is 10.00. The van der Waals surface area contributed by atoms with Crippen molar-refractivity contribution in [1.82, 2.24) is 16.0 Å². The molecule has 1 aliphatic rings. The molecule has 3 amide bonds. The first-order valence-corrected chi connectivity index (χ1v) is 18.0. The highest BCUT2D eigenvalue weighted by molar-refractivity contribution is 6.56. The average molecular weight is 649 g/mol. The Hall–Kier alpha value is -4.68. The van der Waals surface area contributed by atoms with Crippen molar-refractivity contribution in [2.24, 2.45) is 15.7 Å². The monoisotopic (exact) mass is 648 g/mol. The van der Waals surface area contributed by atoms with Gasteiger partial charge >= 0.3 is 0 Å². The maximum Gasteiger partial charge on any atom is 0.250 e. The molecule has 1 unspecified atom stereocenters. The Morgan fingerprint density at radius 1 is 0.933 bits per heavy atom. The topological polar surface area (TPSA) is 156 Å². The van der Waals surface area contributed by atoms with Gasteiger partial charge in [-0.2, -0.15) is 0 Å². The van der Waals surface area contributed by atoms with Crippen molar-refractivity contribution in [3.05, 3.63) is 88.4 Å². The lowest BCUT2D eigenvalue weighted by Crippen LogP contribution is -2.40. The number of nitrogens with two attached hydrogens (primary N) is 1. The maximum atomic E-state index is 12.8. The van der Waals surface area contributed by atoms with Gasteiger partial charge in [-0.05, 0) is 54.6 Å². The standard InChI is InChI=1S/C32H37ClN6O5Si/c1-43-24-12-13-26-25(16-24)30(20-4-8-22(33)9-5-20)38-27(31(34)39-26)17-28(40)36-18-29(41)35-14-15-44-23-10-6-21(7-11-23)32(42)37-19-45(2)3/h4-13,16,27,45H,14-15,17-19H2,1-3H3,(H2,34,39)(H,35,41)(H,36,40)(H,37,42). The van der Waals surface area contributed by atoms with Crippen LogP contribution in [0.25, 0.3) is 0 Å². The van der Waals surface area contributed by atoms with Crippen molar-refractivity contribution >= 4 is 55.4 Å². The van der Waals surface area contributed by atoms with Crippen molar-refractivity contribution in [3.8, 4) is 11.5 Å². The molecule has 0 saturated heterocycles. The van der Waals surface area contributed by atoms with Gasteiger partial charge in [0.2, 0.25) is 11.8 Å². The number of carbonyl (C=O) groups is 3. The van der Waals surface area contributed by atoms with Gasteiger partial charge in [-0.3, -0.25) is 19.4 Å². The largest absolute Gasteiger partial charge is 0.497 e. The van der Waals surface area contributed by atoms with E-state index in [2.05, 4.69) is 34.0 Å². The van der Waals surface area contributed by atoms with E-state index in [1.165, 1.54) is 0 Å². The molecule has 236 valence electrons. The number of carbonyl (C=O) groups excluding carboxylic acids is 3. The van der Waals surface area contributed by atoms with Gasteiger partial charge in [0, 0.05) is 27.9 Å². The first-order valence-electron chi connectivity index (χ1n) is 14.5. The second-order valence-electron chi connectivity index (χ2n) is 10.7. The molecular formula is C32H37ClN6O5Si. The maximum absolute atomic E-state index is 12.8. The molecule has 3 aromatic carbocycles.